The van der Waals surface area contributed by atoms with Crippen LogP contribution in [0.2, 0.25) is 0 Å². The molecule has 0 radical (unpaired) electrons. The lowest BCUT2D eigenvalue weighted by atomic mass is 9.94. The molecule has 0 amide bonds. The third-order valence-electron chi connectivity index (χ3n) is 2.49. The van der Waals surface area contributed by atoms with Gasteiger partial charge >= 0.3 is 5.97 Å². The largest absolute Gasteiger partial charge is 0.464 e. The third kappa shape index (κ3) is 2.02. The average molecular weight is 211 g/mol. The van der Waals surface area contributed by atoms with Gasteiger partial charge in [0.05, 0.1) is 12.8 Å². The van der Waals surface area contributed by atoms with Gasteiger partial charge in [-0.05, 0) is 20.8 Å². The molecule has 0 spiro atoms. The Balaban J connectivity index is 3.05. The van der Waals surface area contributed by atoms with Gasteiger partial charge in [0.15, 0.2) is 0 Å². The van der Waals surface area contributed by atoms with E-state index in [4.69, 9.17) is 10.5 Å². The fraction of sp³-hybridized carbons (Fsp3) is 0.600. The first-order valence-corrected chi connectivity index (χ1v) is 4.86. The number of aryl methyl sites for hydroxylation is 1. The Labute approximate surface area is 89.2 Å². The van der Waals surface area contributed by atoms with Crippen LogP contribution in [0.3, 0.4) is 0 Å². The summed E-state index contributed by atoms with van der Waals surface area (Å²) in [6.45, 7) is 5.58. The summed E-state index contributed by atoms with van der Waals surface area (Å²) in [6.07, 6.45) is 1.60. The topological polar surface area (TPSA) is 70.1 Å². The van der Waals surface area contributed by atoms with Crippen LogP contribution in [0.1, 0.15) is 25.1 Å². The Morgan fingerprint density at radius 3 is 2.73 bits per heavy atom. The zero-order valence-electron chi connectivity index (χ0n) is 9.57. The van der Waals surface area contributed by atoms with E-state index in [0.29, 0.717) is 12.2 Å². The van der Waals surface area contributed by atoms with Gasteiger partial charge < -0.3 is 10.5 Å². The molecule has 0 aliphatic rings. The van der Waals surface area contributed by atoms with Crippen molar-refractivity contribution in [2.45, 2.75) is 26.3 Å². The summed E-state index contributed by atoms with van der Waals surface area (Å²) in [7, 11) is 1.81. The highest BCUT2D eigenvalue weighted by molar-refractivity contribution is 5.82. The molecular weight excluding hydrogens is 194 g/mol. The standard InChI is InChI=1S/C10H17N3O2/c1-5-15-9(14)10(3,11)8-6-12-13(4)7(8)2/h6H,5,11H2,1-4H3/t10-/m1/s1. The van der Waals surface area contributed by atoms with Crippen molar-refractivity contribution in [3.8, 4) is 0 Å². The molecule has 0 aliphatic carbocycles. The van der Waals surface area contributed by atoms with Gasteiger partial charge in [-0.2, -0.15) is 5.10 Å². The van der Waals surface area contributed by atoms with Crippen molar-refractivity contribution in [3.63, 3.8) is 0 Å². The fourth-order valence-corrected chi connectivity index (χ4v) is 1.40. The molecule has 1 rings (SSSR count). The van der Waals surface area contributed by atoms with Crippen molar-refractivity contribution in [1.29, 1.82) is 0 Å². The number of nitrogens with two attached hydrogens (primary N) is 1. The Kier molecular flexibility index (Phi) is 3.14. The zero-order valence-corrected chi connectivity index (χ0v) is 9.57. The van der Waals surface area contributed by atoms with E-state index in [-0.39, 0.29) is 0 Å². The molecule has 0 aliphatic heterocycles. The lowest BCUT2D eigenvalue weighted by molar-refractivity contribution is -0.149. The van der Waals surface area contributed by atoms with Gasteiger partial charge in [0.2, 0.25) is 0 Å². The first-order valence-electron chi connectivity index (χ1n) is 4.86. The smallest absolute Gasteiger partial charge is 0.330 e. The zero-order chi connectivity index (χ0) is 11.6. The van der Waals surface area contributed by atoms with Crippen LogP contribution in [0.4, 0.5) is 0 Å². The van der Waals surface area contributed by atoms with E-state index in [2.05, 4.69) is 5.10 Å². The van der Waals surface area contributed by atoms with Crippen molar-refractivity contribution in [2.24, 2.45) is 12.8 Å². The molecule has 0 aromatic carbocycles. The van der Waals surface area contributed by atoms with E-state index in [9.17, 15) is 4.79 Å². The number of rotatable bonds is 3. The molecule has 0 saturated carbocycles. The summed E-state index contributed by atoms with van der Waals surface area (Å²) >= 11 is 0. The van der Waals surface area contributed by atoms with Crippen LogP contribution in [-0.2, 0) is 22.1 Å². The van der Waals surface area contributed by atoms with E-state index in [1.54, 1.807) is 31.8 Å². The molecule has 0 saturated heterocycles. The molecule has 0 bridgehead atoms. The van der Waals surface area contributed by atoms with Gasteiger partial charge in [0, 0.05) is 18.3 Å². The van der Waals surface area contributed by atoms with Crippen LogP contribution in [0.15, 0.2) is 6.20 Å². The Bertz CT molecular complexity index is 369. The molecule has 1 aromatic rings. The Morgan fingerprint density at radius 2 is 2.33 bits per heavy atom. The monoisotopic (exact) mass is 211 g/mol. The minimum atomic E-state index is -1.13. The highest BCUT2D eigenvalue weighted by Crippen LogP contribution is 2.22. The van der Waals surface area contributed by atoms with Gasteiger partial charge in [-0.3, -0.25) is 4.68 Å². The van der Waals surface area contributed by atoms with Crippen LogP contribution < -0.4 is 5.73 Å². The normalized spacial score (nSPS) is 14.7. The number of ether oxygens (including phenoxy) is 1. The number of carbonyl (C=O) groups excluding carboxylic acids is 1. The van der Waals surface area contributed by atoms with Crippen molar-refractivity contribution in [3.05, 3.63) is 17.5 Å². The fourth-order valence-electron chi connectivity index (χ4n) is 1.40. The number of aromatic nitrogens is 2. The Morgan fingerprint density at radius 1 is 1.73 bits per heavy atom. The second-order valence-electron chi connectivity index (χ2n) is 3.69. The molecule has 1 aromatic heterocycles. The molecule has 1 atom stereocenters. The van der Waals surface area contributed by atoms with Crippen LogP contribution >= 0.6 is 0 Å². The van der Waals surface area contributed by atoms with E-state index in [0.717, 1.165) is 5.69 Å². The van der Waals surface area contributed by atoms with E-state index < -0.39 is 11.5 Å². The molecule has 1 heterocycles. The van der Waals surface area contributed by atoms with E-state index >= 15 is 0 Å². The minimum absolute atomic E-state index is 0.324. The number of carbonyl (C=O) groups is 1. The molecule has 2 N–H and O–H groups in total. The summed E-state index contributed by atoms with van der Waals surface area (Å²) in [5.74, 6) is -0.430. The van der Waals surface area contributed by atoms with E-state index in [1.165, 1.54) is 0 Å². The highest BCUT2D eigenvalue weighted by atomic mass is 16.5. The summed E-state index contributed by atoms with van der Waals surface area (Å²) in [5, 5.41) is 4.05. The lowest BCUT2D eigenvalue weighted by Gasteiger charge is -2.21. The molecule has 5 nitrogen and oxygen atoms in total. The molecule has 0 fully saturated rings. The van der Waals surface area contributed by atoms with Gasteiger partial charge in [0.1, 0.15) is 5.54 Å². The lowest BCUT2D eigenvalue weighted by Crippen LogP contribution is -2.43. The summed E-state index contributed by atoms with van der Waals surface area (Å²) < 4.78 is 6.60. The predicted molar refractivity (Wildman–Crippen MR) is 56.1 cm³/mol. The molecule has 84 valence electrons. The van der Waals surface area contributed by atoms with Crippen LogP contribution in [0, 0.1) is 6.92 Å². The van der Waals surface area contributed by atoms with Crippen molar-refractivity contribution in [1.82, 2.24) is 9.78 Å². The molecule has 5 heteroatoms. The van der Waals surface area contributed by atoms with Crippen LogP contribution in [-0.4, -0.2) is 22.4 Å². The van der Waals surface area contributed by atoms with Gasteiger partial charge in [-0.15, -0.1) is 0 Å². The molecular formula is C10H17N3O2. The molecule has 15 heavy (non-hydrogen) atoms. The second kappa shape index (κ2) is 4.02. The quantitative estimate of drug-likeness (QED) is 0.738. The van der Waals surface area contributed by atoms with Crippen molar-refractivity contribution < 1.29 is 9.53 Å². The summed E-state index contributed by atoms with van der Waals surface area (Å²) in [4.78, 5) is 11.6. The summed E-state index contributed by atoms with van der Waals surface area (Å²) in [5.41, 5.74) is 6.39. The third-order valence-corrected chi connectivity index (χ3v) is 2.49. The Hall–Kier alpha value is -1.36. The van der Waals surface area contributed by atoms with Crippen molar-refractivity contribution in [2.75, 3.05) is 6.61 Å². The van der Waals surface area contributed by atoms with E-state index in [1.807, 2.05) is 6.92 Å². The van der Waals surface area contributed by atoms with Crippen LogP contribution in [0.5, 0.6) is 0 Å². The number of esters is 1. The summed E-state index contributed by atoms with van der Waals surface area (Å²) in [6, 6.07) is 0. The maximum absolute atomic E-state index is 11.6. The SMILES string of the molecule is CCOC(=O)[C@](C)(N)c1cnn(C)c1C. The van der Waals surface area contributed by atoms with Gasteiger partial charge in [-0.25, -0.2) is 4.79 Å². The van der Waals surface area contributed by atoms with Gasteiger partial charge in [-0.1, -0.05) is 0 Å². The number of hydrogen-bond donors (Lipinski definition) is 1. The number of nitrogens with zero attached hydrogens (tertiary/aromatic N) is 2. The second-order valence-corrected chi connectivity index (χ2v) is 3.69. The first kappa shape index (κ1) is 11.7. The highest BCUT2D eigenvalue weighted by Gasteiger charge is 2.35. The average Bonchev–Trinajstić information content (AvgIpc) is 2.48. The predicted octanol–water partition coefficient (Wildman–Crippen LogP) is 0.466. The van der Waals surface area contributed by atoms with Gasteiger partial charge in [0.25, 0.3) is 0 Å². The maximum Gasteiger partial charge on any atom is 0.330 e. The van der Waals surface area contributed by atoms with Crippen LogP contribution in [0.25, 0.3) is 0 Å². The van der Waals surface area contributed by atoms with Crippen molar-refractivity contribution >= 4 is 5.97 Å². The molecule has 0 unspecified atom stereocenters. The number of hydrogen-bond acceptors (Lipinski definition) is 4. The first-order chi connectivity index (χ1) is 6.91. The minimum Gasteiger partial charge on any atom is -0.464 e. The maximum atomic E-state index is 11.6.